The van der Waals surface area contributed by atoms with Gasteiger partial charge in [-0.1, -0.05) is 66.2 Å². The van der Waals surface area contributed by atoms with Crippen molar-refractivity contribution in [2.45, 2.75) is 6.42 Å². The molecule has 0 atom stereocenters. The Kier molecular flexibility index (Phi) is 5.48. The average molecular weight is 470 g/mol. The number of phenols is 3. The van der Waals surface area contributed by atoms with E-state index in [1.165, 1.54) is 12.1 Å². The fraction of sp³-hybridized carbons (Fsp3) is 0.0357. The Labute approximate surface area is 201 Å². The number of halogens is 1. The lowest BCUT2D eigenvalue weighted by molar-refractivity contribution is -0.110. The van der Waals surface area contributed by atoms with Crippen molar-refractivity contribution in [3.63, 3.8) is 0 Å². The Morgan fingerprint density at radius 2 is 1.41 bits per heavy atom. The van der Waals surface area contributed by atoms with E-state index in [-0.39, 0.29) is 17.4 Å². The highest BCUT2D eigenvalue weighted by molar-refractivity contribution is 6.38. The van der Waals surface area contributed by atoms with Crippen LogP contribution in [0, 0.1) is 0 Å². The average Bonchev–Trinajstić information content (AvgIpc) is 3.14. The minimum absolute atomic E-state index is 0.194. The monoisotopic (exact) mass is 469 g/mol. The zero-order chi connectivity index (χ0) is 23.8. The number of hydrogen-bond donors (Lipinski definition) is 4. The molecule has 0 bridgehead atoms. The van der Waals surface area contributed by atoms with Crippen molar-refractivity contribution in [2.75, 3.05) is 5.32 Å². The number of amides is 1. The van der Waals surface area contributed by atoms with E-state index in [4.69, 9.17) is 11.6 Å². The minimum Gasteiger partial charge on any atom is -0.504 e. The molecule has 1 aliphatic heterocycles. The summed E-state index contributed by atoms with van der Waals surface area (Å²) in [6, 6.07) is 25.7. The molecule has 34 heavy (non-hydrogen) atoms. The lowest BCUT2D eigenvalue weighted by Crippen LogP contribution is -2.06. The van der Waals surface area contributed by atoms with Crippen LogP contribution in [0.2, 0.25) is 5.02 Å². The molecule has 5 rings (SSSR count). The fourth-order valence-electron chi connectivity index (χ4n) is 4.25. The van der Waals surface area contributed by atoms with Crippen LogP contribution in [-0.2, 0) is 11.2 Å². The number of benzene rings is 4. The molecule has 0 fully saturated rings. The summed E-state index contributed by atoms with van der Waals surface area (Å²) in [5.74, 6) is -1.51. The van der Waals surface area contributed by atoms with Crippen LogP contribution in [0.1, 0.15) is 27.8 Å². The van der Waals surface area contributed by atoms with Gasteiger partial charge >= 0.3 is 0 Å². The largest absolute Gasteiger partial charge is 0.504 e. The van der Waals surface area contributed by atoms with Gasteiger partial charge in [-0.3, -0.25) is 4.79 Å². The van der Waals surface area contributed by atoms with E-state index in [0.29, 0.717) is 28.3 Å². The number of hydrogen-bond acceptors (Lipinski definition) is 4. The molecule has 0 spiro atoms. The molecule has 1 amide bonds. The smallest absolute Gasteiger partial charge is 0.257 e. The highest BCUT2D eigenvalue weighted by Gasteiger charge is 2.29. The lowest BCUT2D eigenvalue weighted by Gasteiger charge is -2.13. The van der Waals surface area contributed by atoms with Crippen molar-refractivity contribution in [2.24, 2.45) is 0 Å². The summed E-state index contributed by atoms with van der Waals surface area (Å²) >= 11 is 6.10. The van der Waals surface area contributed by atoms with Crippen molar-refractivity contribution in [3.05, 3.63) is 118 Å². The van der Waals surface area contributed by atoms with E-state index in [1.807, 2.05) is 60.7 Å². The van der Waals surface area contributed by atoms with E-state index in [2.05, 4.69) is 5.32 Å². The first kappa shape index (κ1) is 21.6. The molecular weight excluding hydrogens is 450 g/mol. The third kappa shape index (κ3) is 3.98. The van der Waals surface area contributed by atoms with Gasteiger partial charge < -0.3 is 20.6 Å². The normalized spacial score (nSPS) is 14.0. The highest BCUT2D eigenvalue weighted by Crippen LogP contribution is 2.41. The Hall–Kier alpha value is -4.22. The van der Waals surface area contributed by atoms with Gasteiger partial charge in [0, 0.05) is 21.8 Å². The van der Waals surface area contributed by atoms with Gasteiger partial charge in [-0.05, 0) is 59.0 Å². The highest BCUT2D eigenvalue weighted by atomic mass is 35.5. The third-order valence-electron chi connectivity index (χ3n) is 5.81. The van der Waals surface area contributed by atoms with Gasteiger partial charge in [-0.2, -0.15) is 0 Å². The number of aromatic hydroxyl groups is 3. The van der Waals surface area contributed by atoms with Crippen LogP contribution >= 0.6 is 11.6 Å². The maximum Gasteiger partial charge on any atom is 0.257 e. The van der Waals surface area contributed by atoms with Gasteiger partial charge in [-0.25, -0.2) is 0 Å². The second-order valence-corrected chi connectivity index (χ2v) is 8.55. The summed E-state index contributed by atoms with van der Waals surface area (Å²) in [5, 5.41) is 32.8. The van der Waals surface area contributed by atoms with Gasteiger partial charge in [0.1, 0.15) is 0 Å². The van der Waals surface area contributed by atoms with Crippen LogP contribution in [0.25, 0.3) is 11.1 Å². The number of anilines is 1. The van der Waals surface area contributed by atoms with Crippen molar-refractivity contribution in [3.8, 4) is 17.2 Å². The number of fused-ring (bicyclic) bond motifs is 1. The maximum absolute atomic E-state index is 13.2. The van der Waals surface area contributed by atoms with Crippen molar-refractivity contribution in [1.82, 2.24) is 0 Å². The van der Waals surface area contributed by atoms with Crippen LogP contribution in [0.5, 0.6) is 17.2 Å². The molecule has 1 aliphatic rings. The van der Waals surface area contributed by atoms with Crippen LogP contribution in [0.15, 0.2) is 84.9 Å². The molecule has 0 unspecified atom stereocenters. The SMILES string of the molecule is O=C1Nc2cc(Cc3cc(O)c(O)c(O)c3)ccc2/C1=C(/c1ccccc1)c1ccc(Cl)cc1. The fourth-order valence-corrected chi connectivity index (χ4v) is 4.38. The Balaban J connectivity index is 1.60. The molecule has 4 aromatic carbocycles. The van der Waals surface area contributed by atoms with Crippen LogP contribution in [0.3, 0.4) is 0 Å². The van der Waals surface area contributed by atoms with Gasteiger partial charge in [-0.15, -0.1) is 0 Å². The first-order valence-electron chi connectivity index (χ1n) is 10.6. The number of rotatable bonds is 4. The molecule has 0 radical (unpaired) electrons. The first-order valence-corrected chi connectivity index (χ1v) is 11.0. The molecule has 5 nitrogen and oxygen atoms in total. The Morgan fingerprint density at radius 1 is 0.765 bits per heavy atom. The molecule has 4 aromatic rings. The molecule has 0 saturated heterocycles. The Bertz CT molecular complexity index is 1420. The molecule has 0 aromatic heterocycles. The number of carbonyl (C=O) groups is 1. The van der Waals surface area contributed by atoms with E-state index < -0.39 is 5.75 Å². The zero-order valence-electron chi connectivity index (χ0n) is 17.9. The summed E-state index contributed by atoms with van der Waals surface area (Å²) in [4.78, 5) is 13.2. The van der Waals surface area contributed by atoms with Crippen LogP contribution in [-0.4, -0.2) is 21.2 Å². The van der Waals surface area contributed by atoms with Crippen molar-refractivity contribution in [1.29, 1.82) is 0 Å². The number of phenolic OH excluding ortho intramolecular Hbond substituents is 3. The topological polar surface area (TPSA) is 89.8 Å². The first-order chi connectivity index (χ1) is 16.4. The minimum atomic E-state index is -0.546. The maximum atomic E-state index is 13.2. The molecule has 0 saturated carbocycles. The summed E-state index contributed by atoms with van der Waals surface area (Å²) in [6.07, 6.45) is 0.395. The van der Waals surface area contributed by atoms with E-state index in [0.717, 1.165) is 27.8 Å². The van der Waals surface area contributed by atoms with Crippen molar-refractivity contribution >= 4 is 34.3 Å². The molecular formula is C28H20ClNO4. The zero-order valence-corrected chi connectivity index (χ0v) is 18.7. The summed E-state index contributed by atoms with van der Waals surface area (Å²) in [7, 11) is 0. The predicted octanol–water partition coefficient (Wildman–Crippen LogP) is 5.96. The third-order valence-corrected chi connectivity index (χ3v) is 6.06. The van der Waals surface area contributed by atoms with Gasteiger partial charge in [0.05, 0.1) is 5.57 Å². The second kappa shape index (κ2) is 8.61. The molecule has 168 valence electrons. The molecule has 6 heteroatoms. The summed E-state index contributed by atoms with van der Waals surface area (Å²) < 4.78 is 0. The van der Waals surface area contributed by atoms with E-state index >= 15 is 0 Å². The standard InChI is InChI=1S/C28H20ClNO4/c29-20-9-7-19(8-10-20)25(18-4-2-1-3-5-18)26-21-11-6-16(13-22(21)30-28(26)34)12-17-14-23(31)27(33)24(32)15-17/h1-11,13-15,31-33H,12H2,(H,30,34)/b26-25+. The molecule has 4 N–H and O–H groups in total. The predicted molar refractivity (Wildman–Crippen MR) is 133 cm³/mol. The lowest BCUT2D eigenvalue weighted by atomic mass is 9.89. The van der Waals surface area contributed by atoms with Gasteiger partial charge in [0.15, 0.2) is 17.2 Å². The van der Waals surface area contributed by atoms with E-state index in [1.54, 1.807) is 12.1 Å². The van der Waals surface area contributed by atoms with Gasteiger partial charge in [0.2, 0.25) is 0 Å². The van der Waals surface area contributed by atoms with Crippen LogP contribution < -0.4 is 5.32 Å². The van der Waals surface area contributed by atoms with E-state index in [9.17, 15) is 20.1 Å². The Morgan fingerprint density at radius 3 is 2.09 bits per heavy atom. The molecule has 0 aliphatic carbocycles. The van der Waals surface area contributed by atoms with Gasteiger partial charge in [0.25, 0.3) is 5.91 Å². The number of carbonyl (C=O) groups excluding carboxylic acids is 1. The molecule has 1 heterocycles. The summed E-state index contributed by atoms with van der Waals surface area (Å²) in [5.41, 5.74) is 6.17. The second-order valence-electron chi connectivity index (χ2n) is 8.12. The quantitative estimate of drug-likeness (QED) is 0.219. The number of nitrogens with one attached hydrogen (secondary N) is 1. The van der Waals surface area contributed by atoms with Crippen LogP contribution in [0.4, 0.5) is 5.69 Å². The summed E-state index contributed by atoms with van der Waals surface area (Å²) in [6.45, 7) is 0. The van der Waals surface area contributed by atoms with Crippen molar-refractivity contribution < 1.29 is 20.1 Å².